The van der Waals surface area contributed by atoms with Gasteiger partial charge in [0.2, 0.25) is 0 Å². The van der Waals surface area contributed by atoms with E-state index < -0.39 is 5.97 Å². The number of hydrogen-bond donors (Lipinski definition) is 2. The van der Waals surface area contributed by atoms with Gasteiger partial charge in [-0.25, -0.2) is 4.79 Å². The first-order valence-electron chi connectivity index (χ1n) is 9.85. The van der Waals surface area contributed by atoms with E-state index in [-0.39, 0.29) is 17.6 Å². The summed E-state index contributed by atoms with van der Waals surface area (Å²) in [6.45, 7) is 5.09. The molecule has 1 aliphatic rings. The van der Waals surface area contributed by atoms with Crippen molar-refractivity contribution < 1.29 is 14.3 Å². The first-order valence-corrected chi connectivity index (χ1v) is 10.3. The van der Waals surface area contributed by atoms with Gasteiger partial charge in [-0.05, 0) is 54.5 Å². The summed E-state index contributed by atoms with van der Waals surface area (Å²) in [5.74, 6) is 0.827. The summed E-state index contributed by atoms with van der Waals surface area (Å²) in [4.78, 5) is 18.0. The smallest absolute Gasteiger partial charge is 0.335 e. The zero-order valence-electron chi connectivity index (χ0n) is 16.8. The number of rotatable bonds is 6. The number of benzene rings is 1. The normalized spacial score (nSPS) is 18.6. The SMILES string of the molecule is CC(C)CN1C(=S)NC(c2ccccn2)C1c1ccc(-c2cccc(C(=O)O)c2)o1. The van der Waals surface area contributed by atoms with Crippen LogP contribution in [0, 0.1) is 5.92 Å². The highest BCUT2D eigenvalue weighted by Crippen LogP contribution is 2.40. The molecule has 3 heterocycles. The molecular formula is C23H23N3O3S. The highest BCUT2D eigenvalue weighted by molar-refractivity contribution is 7.80. The molecule has 30 heavy (non-hydrogen) atoms. The van der Waals surface area contributed by atoms with Gasteiger partial charge in [0.05, 0.1) is 17.3 Å². The van der Waals surface area contributed by atoms with Gasteiger partial charge in [0, 0.05) is 18.3 Å². The molecule has 1 aromatic carbocycles. The molecule has 2 N–H and O–H groups in total. The lowest BCUT2D eigenvalue weighted by Crippen LogP contribution is -2.32. The van der Waals surface area contributed by atoms with Gasteiger partial charge in [-0.3, -0.25) is 4.98 Å². The van der Waals surface area contributed by atoms with E-state index in [2.05, 4.69) is 29.0 Å². The highest BCUT2D eigenvalue weighted by Gasteiger charge is 2.41. The highest BCUT2D eigenvalue weighted by atomic mass is 32.1. The number of carboxylic acids is 1. The molecule has 7 heteroatoms. The molecule has 1 saturated heterocycles. The van der Waals surface area contributed by atoms with Gasteiger partial charge >= 0.3 is 5.97 Å². The maximum absolute atomic E-state index is 11.3. The Morgan fingerprint density at radius 3 is 2.77 bits per heavy atom. The Labute approximate surface area is 180 Å². The third-order valence-corrected chi connectivity index (χ3v) is 5.42. The summed E-state index contributed by atoms with van der Waals surface area (Å²) in [6, 6.07) is 16.1. The van der Waals surface area contributed by atoms with Crippen molar-refractivity contribution in [2.75, 3.05) is 6.54 Å². The van der Waals surface area contributed by atoms with Gasteiger partial charge < -0.3 is 19.7 Å². The average Bonchev–Trinajstić information content (AvgIpc) is 3.34. The first-order chi connectivity index (χ1) is 14.4. The molecule has 0 spiro atoms. The third-order valence-electron chi connectivity index (χ3n) is 5.07. The molecule has 2 atom stereocenters. The summed E-state index contributed by atoms with van der Waals surface area (Å²) in [5, 5.41) is 13.4. The van der Waals surface area contributed by atoms with Crippen molar-refractivity contribution in [2.24, 2.45) is 5.92 Å². The number of aromatic carboxylic acids is 1. The topological polar surface area (TPSA) is 78.6 Å². The first kappa shape index (κ1) is 20.1. The Morgan fingerprint density at radius 1 is 1.23 bits per heavy atom. The predicted molar refractivity (Wildman–Crippen MR) is 118 cm³/mol. The second-order valence-corrected chi connectivity index (χ2v) is 8.15. The van der Waals surface area contributed by atoms with Crippen molar-refractivity contribution in [1.29, 1.82) is 0 Å². The summed E-state index contributed by atoms with van der Waals surface area (Å²) < 4.78 is 6.24. The summed E-state index contributed by atoms with van der Waals surface area (Å²) >= 11 is 5.64. The fourth-order valence-corrected chi connectivity index (χ4v) is 4.09. The minimum atomic E-state index is -0.965. The second kappa shape index (κ2) is 8.28. The van der Waals surface area contributed by atoms with Crippen LogP contribution < -0.4 is 5.32 Å². The lowest BCUT2D eigenvalue weighted by molar-refractivity contribution is 0.0697. The monoisotopic (exact) mass is 421 g/mol. The molecular weight excluding hydrogens is 398 g/mol. The Morgan fingerprint density at radius 2 is 2.07 bits per heavy atom. The Bertz CT molecular complexity index is 1060. The Balaban J connectivity index is 1.72. The number of aromatic nitrogens is 1. The van der Waals surface area contributed by atoms with Crippen LogP contribution in [0.3, 0.4) is 0 Å². The van der Waals surface area contributed by atoms with Gasteiger partial charge in [0.25, 0.3) is 0 Å². The number of thiocarbonyl (C=S) groups is 1. The third kappa shape index (κ3) is 3.93. The minimum Gasteiger partial charge on any atom is -0.478 e. The fraction of sp³-hybridized carbons (Fsp3) is 0.261. The summed E-state index contributed by atoms with van der Waals surface area (Å²) in [5.41, 5.74) is 1.84. The molecule has 4 rings (SSSR count). The van der Waals surface area contributed by atoms with E-state index in [9.17, 15) is 9.90 Å². The van der Waals surface area contributed by atoms with Gasteiger partial charge in [-0.15, -0.1) is 0 Å². The van der Waals surface area contributed by atoms with Crippen LogP contribution in [-0.4, -0.2) is 32.6 Å². The lowest BCUT2D eigenvalue weighted by atomic mass is 10.0. The van der Waals surface area contributed by atoms with Crippen molar-refractivity contribution in [1.82, 2.24) is 15.2 Å². The van der Waals surface area contributed by atoms with Crippen molar-refractivity contribution in [3.63, 3.8) is 0 Å². The number of carbonyl (C=O) groups is 1. The van der Waals surface area contributed by atoms with Crippen molar-refractivity contribution in [3.8, 4) is 11.3 Å². The molecule has 0 radical (unpaired) electrons. The number of nitrogens with one attached hydrogen (secondary N) is 1. The minimum absolute atomic E-state index is 0.137. The van der Waals surface area contributed by atoms with E-state index in [1.54, 1.807) is 24.4 Å². The van der Waals surface area contributed by atoms with E-state index in [4.69, 9.17) is 16.6 Å². The molecule has 0 amide bonds. The maximum atomic E-state index is 11.3. The number of nitrogens with zero attached hydrogens (tertiary/aromatic N) is 2. The quantitative estimate of drug-likeness (QED) is 0.560. The molecule has 1 aliphatic heterocycles. The van der Waals surface area contributed by atoms with E-state index in [0.29, 0.717) is 16.8 Å². The standard InChI is InChI=1S/C23H23N3O3S/c1-14(2)13-26-21(20(25-23(26)30)17-8-3-4-11-24-17)19-10-9-18(29-19)15-6-5-7-16(12-15)22(27)28/h3-12,14,20-21H,13H2,1-2H3,(H,25,30)(H,27,28). The van der Waals surface area contributed by atoms with E-state index >= 15 is 0 Å². The van der Waals surface area contributed by atoms with E-state index in [0.717, 1.165) is 23.6 Å². The van der Waals surface area contributed by atoms with Gasteiger partial charge in [-0.2, -0.15) is 0 Å². The Kier molecular flexibility index (Phi) is 5.55. The molecule has 0 aliphatic carbocycles. The van der Waals surface area contributed by atoms with Crippen LogP contribution in [-0.2, 0) is 0 Å². The average molecular weight is 422 g/mol. The van der Waals surface area contributed by atoms with Crippen molar-refractivity contribution >= 4 is 23.3 Å². The number of pyridine rings is 1. The van der Waals surface area contributed by atoms with Gasteiger partial charge in [0.1, 0.15) is 17.6 Å². The number of hydrogen-bond acceptors (Lipinski definition) is 4. The van der Waals surface area contributed by atoms with Crippen LogP contribution in [0.25, 0.3) is 11.3 Å². The van der Waals surface area contributed by atoms with Crippen molar-refractivity contribution in [2.45, 2.75) is 25.9 Å². The molecule has 154 valence electrons. The van der Waals surface area contributed by atoms with Crippen LogP contribution in [0.2, 0.25) is 0 Å². The van der Waals surface area contributed by atoms with Crippen LogP contribution in [0.5, 0.6) is 0 Å². The fourth-order valence-electron chi connectivity index (χ4n) is 3.78. The Hall–Kier alpha value is -3.19. The number of furan rings is 1. The largest absolute Gasteiger partial charge is 0.478 e. The molecule has 0 bridgehead atoms. The zero-order valence-corrected chi connectivity index (χ0v) is 17.6. The molecule has 0 saturated carbocycles. The van der Waals surface area contributed by atoms with Crippen LogP contribution >= 0.6 is 12.2 Å². The van der Waals surface area contributed by atoms with E-state index in [1.807, 2.05) is 36.4 Å². The van der Waals surface area contributed by atoms with Crippen molar-refractivity contribution in [3.05, 3.63) is 77.8 Å². The van der Waals surface area contributed by atoms with E-state index in [1.165, 1.54) is 0 Å². The van der Waals surface area contributed by atoms with Crippen LogP contribution in [0.4, 0.5) is 0 Å². The molecule has 1 fully saturated rings. The van der Waals surface area contributed by atoms with Crippen LogP contribution in [0.1, 0.15) is 47.7 Å². The van der Waals surface area contributed by atoms with Gasteiger partial charge in [0.15, 0.2) is 5.11 Å². The molecule has 6 nitrogen and oxygen atoms in total. The summed E-state index contributed by atoms with van der Waals surface area (Å²) in [6.07, 6.45) is 1.77. The maximum Gasteiger partial charge on any atom is 0.335 e. The molecule has 2 unspecified atom stereocenters. The lowest BCUT2D eigenvalue weighted by Gasteiger charge is -2.27. The predicted octanol–water partition coefficient (Wildman–Crippen LogP) is 4.67. The zero-order chi connectivity index (χ0) is 21.3. The second-order valence-electron chi connectivity index (χ2n) is 7.76. The number of carboxylic acid groups (broad SMARTS) is 1. The van der Waals surface area contributed by atoms with Gasteiger partial charge in [-0.1, -0.05) is 32.0 Å². The molecule has 3 aromatic rings. The van der Waals surface area contributed by atoms with Crippen LogP contribution in [0.15, 0.2) is 65.2 Å². The molecule has 2 aromatic heterocycles. The summed E-state index contributed by atoms with van der Waals surface area (Å²) in [7, 11) is 0.